The van der Waals surface area contributed by atoms with E-state index in [1.165, 1.54) is 29.2 Å². The van der Waals surface area contributed by atoms with E-state index in [0.717, 1.165) is 4.90 Å². The summed E-state index contributed by atoms with van der Waals surface area (Å²) in [6.45, 7) is 6.35. The Morgan fingerprint density at radius 3 is 2.62 bits per heavy atom. The standard InChI is InChI=1S/C24H31FN7O5PS2/c1-12(2)35-20(33)13(3)31-38(39,40-14-9-7-6-8-10-14)37-17-16-24(17,34)23(4,25)21(36-16)32-11-28-15-18(27-5)29-22(26)30-19(15)32/h6-13,16-17,21,34H,1-5H3,(H,31,39)(H3,26,27,29,30)/t13-,16-,17?,21-,23+,24+,38?/m1/s1. The summed E-state index contributed by atoms with van der Waals surface area (Å²) in [5.74, 6) is -0.159. The Balaban J connectivity index is 1.40. The lowest BCUT2D eigenvalue weighted by molar-refractivity contribution is -0.149. The Hall–Kier alpha value is -2.39. The number of esters is 1. The van der Waals surface area contributed by atoms with Gasteiger partial charge in [-0.05, 0) is 63.0 Å². The summed E-state index contributed by atoms with van der Waals surface area (Å²) in [7, 11) is 1.65. The van der Waals surface area contributed by atoms with Crippen LogP contribution in [0.15, 0.2) is 41.6 Å². The number of anilines is 2. The van der Waals surface area contributed by atoms with E-state index in [4.69, 9.17) is 31.5 Å². The van der Waals surface area contributed by atoms with Crippen molar-refractivity contribution in [3.05, 3.63) is 36.7 Å². The van der Waals surface area contributed by atoms with E-state index >= 15 is 4.39 Å². The molecule has 0 radical (unpaired) electrons. The van der Waals surface area contributed by atoms with E-state index < -0.39 is 47.3 Å². The van der Waals surface area contributed by atoms with Crippen LogP contribution in [0.3, 0.4) is 0 Å². The van der Waals surface area contributed by atoms with Crippen LogP contribution in [-0.4, -0.2) is 73.3 Å². The third-order valence-corrected chi connectivity index (χ3v) is 11.9. The average Bonchev–Trinajstić information content (AvgIpc) is 3.14. The topological polar surface area (TPSA) is 159 Å². The molecule has 2 aromatic heterocycles. The number of alkyl halides is 1. The van der Waals surface area contributed by atoms with Gasteiger partial charge in [-0.2, -0.15) is 9.97 Å². The van der Waals surface area contributed by atoms with Gasteiger partial charge in [0.1, 0.15) is 18.2 Å². The third-order valence-electron chi connectivity index (χ3n) is 6.76. The number of ether oxygens (including phenoxy) is 2. The van der Waals surface area contributed by atoms with Crippen LogP contribution in [-0.2, 0) is 30.6 Å². The summed E-state index contributed by atoms with van der Waals surface area (Å²) < 4.78 is 35.5. The van der Waals surface area contributed by atoms with Crippen LogP contribution in [0.4, 0.5) is 16.2 Å². The van der Waals surface area contributed by atoms with E-state index in [9.17, 15) is 9.90 Å². The number of hydrogen-bond donors (Lipinski definition) is 4. The molecule has 0 spiro atoms. The minimum absolute atomic E-state index is 0.0305. The Labute approximate surface area is 239 Å². The Bertz CT molecular complexity index is 1480. The van der Waals surface area contributed by atoms with E-state index in [0.29, 0.717) is 11.3 Å². The molecule has 2 unspecified atom stereocenters. The minimum Gasteiger partial charge on any atom is -0.462 e. The maximum Gasteiger partial charge on any atom is 0.323 e. The van der Waals surface area contributed by atoms with Gasteiger partial charge in [-0.3, -0.25) is 9.36 Å². The van der Waals surface area contributed by atoms with E-state index in [1.807, 2.05) is 30.3 Å². The molecule has 1 aromatic carbocycles. The number of hydrogen-bond acceptors (Lipinski definition) is 12. The van der Waals surface area contributed by atoms with Gasteiger partial charge in [0.25, 0.3) is 0 Å². The predicted octanol–water partition coefficient (Wildman–Crippen LogP) is 3.15. The van der Waals surface area contributed by atoms with Crippen molar-refractivity contribution in [2.24, 2.45) is 0 Å². The number of fused-ring (bicyclic) bond motifs is 2. The molecule has 1 saturated heterocycles. The molecule has 16 heteroatoms. The Morgan fingerprint density at radius 1 is 1.32 bits per heavy atom. The first kappa shape index (κ1) is 29.1. The number of nitrogens with two attached hydrogens (primary N) is 1. The molecule has 7 atom stereocenters. The van der Waals surface area contributed by atoms with Crippen molar-refractivity contribution in [3.8, 4) is 0 Å². The minimum atomic E-state index is -3.15. The average molecular weight is 612 g/mol. The zero-order valence-corrected chi connectivity index (χ0v) is 25.0. The lowest BCUT2D eigenvalue weighted by Gasteiger charge is -2.33. The van der Waals surface area contributed by atoms with Crippen LogP contribution in [0.5, 0.6) is 0 Å². The van der Waals surface area contributed by atoms with Crippen molar-refractivity contribution in [1.29, 1.82) is 0 Å². The highest BCUT2D eigenvalue weighted by Crippen LogP contribution is 2.70. The predicted molar refractivity (Wildman–Crippen MR) is 153 cm³/mol. The smallest absolute Gasteiger partial charge is 0.323 e. The lowest BCUT2D eigenvalue weighted by atomic mass is 9.97. The molecule has 1 saturated carbocycles. The normalized spacial score (nSPS) is 29.6. The monoisotopic (exact) mass is 611 g/mol. The summed E-state index contributed by atoms with van der Waals surface area (Å²) in [6.07, 6.45) is -2.36. The summed E-state index contributed by atoms with van der Waals surface area (Å²) in [4.78, 5) is 25.9. The summed E-state index contributed by atoms with van der Waals surface area (Å²) in [5, 5.41) is 17.5. The second kappa shape index (κ2) is 10.5. The van der Waals surface area contributed by atoms with Gasteiger partial charge in [0, 0.05) is 11.9 Å². The highest BCUT2D eigenvalue weighted by molar-refractivity contribution is 8.68. The van der Waals surface area contributed by atoms with Crippen molar-refractivity contribution in [2.75, 3.05) is 18.1 Å². The summed E-state index contributed by atoms with van der Waals surface area (Å²) in [6, 6.07) is 8.43. The number of nitrogens with one attached hydrogen (secondary N) is 2. The molecule has 12 nitrogen and oxygen atoms in total. The van der Waals surface area contributed by atoms with Gasteiger partial charge in [0.05, 0.1) is 12.4 Å². The van der Waals surface area contributed by atoms with Crippen LogP contribution in [0.2, 0.25) is 0 Å². The van der Waals surface area contributed by atoms with Crippen LogP contribution >= 0.6 is 17.0 Å². The SMILES string of the molecule is CNc1nc(N)nc2c1ncn2[C@@H]1O[C@@H]2C(OP(=S)(N[C@H](C)C(=O)OC(C)C)Sc3ccccc3)[C@]2(O)[C@@]1(C)F. The fourth-order valence-corrected chi connectivity index (χ4v) is 10.4. The second-order valence-electron chi connectivity index (χ2n) is 10.1. The molecule has 216 valence electrons. The molecule has 0 amide bonds. The molecular formula is C24H31FN7O5PS2. The van der Waals surface area contributed by atoms with Gasteiger partial charge < -0.3 is 30.2 Å². The summed E-state index contributed by atoms with van der Waals surface area (Å²) in [5.41, 5.74) is -1.05. The van der Waals surface area contributed by atoms with Crippen LogP contribution in [0.1, 0.15) is 33.9 Å². The molecule has 0 bridgehead atoms. The highest BCUT2D eigenvalue weighted by atomic mass is 32.9. The number of carbonyl (C=O) groups excluding carboxylic acids is 1. The number of carbonyl (C=O) groups is 1. The van der Waals surface area contributed by atoms with E-state index in [-0.39, 0.29) is 17.7 Å². The molecule has 3 heterocycles. The molecular weight excluding hydrogens is 580 g/mol. The number of nitrogen functional groups attached to an aromatic ring is 1. The van der Waals surface area contributed by atoms with Crippen molar-refractivity contribution < 1.29 is 28.3 Å². The Morgan fingerprint density at radius 2 is 2.02 bits per heavy atom. The van der Waals surface area contributed by atoms with Crippen LogP contribution in [0, 0.1) is 0 Å². The van der Waals surface area contributed by atoms with Crippen molar-refractivity contribution in [3.63, 3.8) is 0 Å². The Kier molecular flexibility index (Phi) is 7.62. The molecule has 2 aliphatic rings. The number of halogens is 1. The van der Waals surface area contributed by atoms with Gasteiger partial charge in [-0.15, -0.1) is 0 Å². The number of aliphatic hydroxyl groups is 1. The number of imidazole rings is 1. The number of rotatable bonds is 10. The molecule has 5 N–H and O–H groups in total. The molecule has 3 aromatic rings. The van der Waals surface area contributed by atoms with Crippen molar-refractivity contribution in [2.45, 2.75) is 74.4 Å². The third kappa shape index (κ3) is 4.97. The first-order valence-corrected chi connectivity index (χ1v) is 16.7. The van der Waals surface area contributed by atoms with Gasteiger partial charge in [-0.1, -0.05) is 18.2 Å². The van der Waals surface area contributed by atoms with Crippen molar-refractivity contribution >= 4 is 57.7 Å². The quantitative estimate of drug-likeness (QED) is 0.196. The van der Waals surface area contributed by atoms with Crippen LogP contribution < -0.4 is 16.1 Å². The molecule has 40 heavy (non-hydrogen) atoms. The molecule has 1 aliphatic carbocycles. The fourth-order valence-electron chi connectivity index (χ4n) is 4.72. The number of nitrogens with zero attached hydrogens (tertiary/aromatic N) is 4. The number of aromatic nitrogens is 4. The first-order chi connectivity index (χ1) is 18.8. The molecule has 5 rings (SSSR count). The maximum absolute atomic E-state index is 16.5. The zero-order valence-electron chi connectivity index (χ0n) is 22.4. The van der Waals surface area contributed by atoms with E-state index in [1.54, 1.807) is 27.8 Å². The first-order valence-electron chi connectivity index (χ1n) is 12.6. The molecule has 2 fully saturated rings. The maximum atomic E-state index is 16.5. The second-order valence-corrected chi connectivity index (χ2v) is 16.5. The van der Waals surface area contributed by atoms with E-state index in [2.05, 4.69) is 25.4 Å². The summed E-state index contributed by atoms with van der Waals surface area (Å²) >= 11 is 7.13. The zero-order chi connectivity index (χ0) is 29.0. The largest absolute Gasteiger partial charge is 0.462 e. The van der Waals surface area contributed by atoms with Crippen molar-refractivity contribution in [1.82, 2.24) is 24.6 Å². The molecule has 1 aliphatic heterocycles. The van der Waals surface area contributed by atoms with Gasteiger partial charge in [-0.25, -0.2) is 14.5 Å². The number of benzene rings is 1. The van der Waals surface area contributed by atoms with Gasteiger partial charge in [0.2, 0.25) is 5.95 Å². The van der Waals surface area contributed by atoms with Crippen LogP contribution in [0.25, 0.3) is 11.2 Å². The lowest BCUT2D eigenvalue weighted by Crippen LogP contribution is -2.45. The highest BCUT2D eigenvalue weighted by Gasteiger charge is 2.85. The van der Waals surface area contributed by atoms with Gasteiger partial charge in [0.15, 0.2) is 40.1 Å². The van der Waals surface area contributed by atoms with Gasteiger partial charge >= 0.3 is 5.97 Å². The fraction of sp³-hybridized carbons (Fsp3) is 0.500.